The molecule has 2 amide bonds. The van der Waals surface area contributed by atoms with E-state index in [2.05, 4.69) is 5.32 Å². The molecule has 2 atom stereocenters. The van der Waals surface area contributed by atoms with E-state index in [0.717, 1.165) is 17.6 Å². The average Bonchev–Trinajstić information content (AvgIpc) is 3.02. The van der Waals surface area contributed by atoms with Gasteiger partial charge < -0.3 is 15.3 Å². The number of rotatable bonds is 5. The third-order valence-corrected chi connectivity index (χ3v) is 4.28. The van der Waals surface area contributed by atoms with Crippen LogP contribution in [0.25, 0.3) is 0 Å². The van der Waals surface area contributed by atoms with Crippen LogP contribution in [-0.2, 0) is 11.3 Å². The topological polar surface area (TPSA) is 69.6 Å². The number of carbonyl (C=O) groups is 2. The van der Waals surface area contributed by atoms with Crippen LogP contribution >= 0.6 is 0 Å². The van der Waals surface area contributed by atoms with Crippen molar-refractivity contribution in [1.29, 1.82) is 0 Å². The van der Waals surface area contributed by atoms with Crippen molar-refractivity contribution in [1.82, 2.24) is 10.2 Å². The lowest BCUT2D eigenvalue weighted by atomic mass is 10.0. The van der Waals surface area contributed by atoms with E-state index in [1.165, 1.54) is 0 Å². The maximum Gasteiger partial charge on any atom is 0.253 e. The zero-order chi connectivity index (χ0) is 17.7. The van der Waals surface area contributed by atoms with Crippen molar-refractivity contribution in [2.45, 2.75) is 39.8 Å². The van der Waals surface area contributed by atoms with Gasteiger partial charge in [0.25, 0.3) is 5.91 Å². The number of allylic oxidation sites excluding steroid dienone is 1. The minimum atomic E-state index is -0.380. The molecule has 1 aromatic carbocycles. The van der Waals surface area contributed by atoms with Gasteiger partial charge in [0.2, 0.25) is 5.91 Å². The Morgan fingerprint density at radius 2 is 2.00 bits per heavy atom. The molecule has 5 nitrogen and oxygen atoms in total. The number of amides is 2. The molecule has 0 aromatic heterocycles. The second kappa shape index (κ2) is 8.11. The van der Waals surface area contributed by atoms with Crippen LogP contribution < -0.4 is 5.32 Å². The fraction of sp³-hybridized carbons (Fsp3) is 0.474. The summed E-state index contributed by atoms with van der Waals surface area (Å²) in [5.41, 5.74) is 2.54. The lowest BCUT2D eigenvalue weighted by Crippen LogP contribution is -2.30. The van der Waals surface area contributed by atoms with Gasteiger partial charge in [-0.3, -0.25) is 9.59 Å². The maximum atomic E-state index is 12.5. The van der Waals surface area contributed by atoms with Gasteiger partial charge >= 0.3 is 0 Å². The fourth-order valence-electron chi connectivity index (χ4n) is 2.82. The van der Waals surface area contributed by atoms with E-state index in [-0.39, 0.29) is 23.8 Å². The zero-order valence-corrected chi connectivity index (χ0v) is 14.6. The third kappa shape index (κ3) is 4.93. The third-order valence-electron chi connectivity index (χ3n) is 4.28. The molecule has 1 aromatic rings. The minimum Gasteiger partial charge on any atom is -0.393 e. The van der Waals surface area contributed by atoms with Crippen molar-refractivity contribution in [3.63, 3.8) is 0 Å². The van der Waals surface area contributed by atoms with E-state index in [9.17, 15) is 14.7 Å². The van der Waals surface area contributed by atoms with E-state index in [4.69, 9.17) is 0 Å². The first-order valence-electron chi connectivity index (χ1n) is 8.36. The Kier molecular flexibility index (Phi) is 6.15. The number of nitrogens with zero attached hydrogens (tertiary/aromatic N) is 1. The quantitative estimate of drug-likeness (QED) is 0.813. The van der Waals surface area contributed by atoms with Crippen molar-refractivity contribution in [3.05, 3.63) is 47.0 Å². The van der Waals surface area contributed by atoms with E-state index >= 15 is 0 Å². The number of hydrogen-bond acceptors (Lipinski definition) is 3. The number of aliphatic hydroxyl groups excluding tert-OH is 1. The molecular weight excluding hydrogens is 304 g/mol. The predicted molar refractivity (Wildman–Crippen MR) is 93.4 cm³/mol. The van der Waals surface area contributed by atoms with Crippen LogP contribution in [0.3, 0.4) is 0 Å². The molecule has 24 heavy (non-hydrogen) atoms. The van der Waals surface area contributed by atoms with Crippen LogP contribution in [0.4, 0.5) is 0 Å². The van der Waals surface area contributed by atoms with Gasteiger partial charge in [-0.1, -0.05) is 17.7 Å². The summed E-state index contributed by atoms with van der Waals surface area (Å²) in [4.78, 5) is 25.9. The Labute approximate surface area is 143 Å². The summed E-state index contributed by atoms with van der Waals surface area (Å²) in [6, 6.07) is 7.30. The van der Waals surface area contributed by atoms with Crippen LogP contribution in [0, 0.1) is 5.92 Å². The molecule has 2 rings (SSSR count). The molecule has 0 radical (unpaired) electrons. The van der Waals surface area contributed by atoms with Crippen molar-refractivity contribution >= 4 is 11.8 Å². The fourth-order valence-corrected chi connectivity index (χ4v) is 2.82. The summed E-state index contributed by atoms with van der Waals surface area (Å²) in [6.07, 6.45) is 2.02. The van der Waals surface area contributed by atoms with Gasteiger partial charge in [0.1, 0.15) is 0 Å². The lowest BCUT2D eigenvalue weighted by Gasteiger charge is -2.18. The van der Waals surface area contributed by atoms with Crippen molar-refractivity contribution in [2.24, 2.45) is 5.92 Å². The highest BCUT2D eigenvalue weighted by Gasteiger charge is 2.29. The molecule has 1 heterocycles. The van der Waals surface area contributed by atoms with Gasteiger partial charge in [-0.05, 0) is 44.9 Å². The molecule has 2 unspecified atom stereocenters. The number of nitrogens with one attached hydrogen (secondary N) is 1. The second-order valence-electron chi connectivity index (χ2n) is 6.68. The van der Waals surface area contributed by atoms with Gasteiger partial charge in [0, 0.05) is 37.2 Å². The monoisotopic (exact) mass is 330 g/mol. The summed E-state index contributed by atoms with van der Waals surface area (Å²) in [5.74, 6) is 0.0492. The first-order chi connectivity index (χ1) is 11.4. The van der Waals surface area contributed by atoms with Gasteiger partial charge in [0.15, 0.2) is 0 Å². The number of aliphatic hydroxyl groups is 1. The Morgan fingerprint density at radius 1 is 1.33 bits per heavy atom. The van der Waals surface area contributed by atoms with Crippen molar-refractivity contribution < 1.29 is 14.7 Å². The number of carbonyl (C=O) groups excluding carboxylic acids is 2. The molecule has 0 spiro atoms. The molecule has 0 aliphatic carbocycles. The Balaban J connectivity index is 1.91. The van der Waals surface area contributed by atoms with Crippen LogP contribution in [0.15, 0.2) is 35.9 Å². The van der Waals surface area contributed by atoms with E-state index in [0.29, 0.717) is 25.2 Å². The molecule has 2 N–H and O–H groups in total. The summed E-state index contributed by atoms with van der Waals surface area (Å²) < 4.78 is 0. The zero-order valence-electron chi connectivity index (χ0n) is 14.6. The van der Waals surface area contributed by atoms with E-state index in [1.54, 1.807) is 30.0 Å². The van der Waals surface area contributed by atoms with Crippen LogP contribution in [-0.4, -0.2) is 41.0 Å². The first kappa shape index (κ1) is 18.2. The number of likely N-dealkylation sites (tertiary alicyclic amines) is 1. The summed E-state index contributed by atoms with van der Waals surface area (Å²) >= 11 is 0. The standard InChI is InChI=1S/C19H26N2O3/c1-13(2)10-18(23)20-11-15-4-6-16(7-5-15)19(24)21-9-8-17(12-21)14(3)22/h4-7,10,14,17,22H,8-9,11-12H2,1-3H3,(H,20,23). The Hall–Kier alpha value is -2.14. The molecule has 0 saturated carbocycles. The van der Waals surface area contributed by atoms with Gasteiger partial charge in [0.05, 0.1) is 6.10 Å². The number of benzene rings is 1. The molecule has 1 fully saturated rings. The molecule has 0 bridgehead atoms. The minimum absolute atomic E-state index is 0.00160. The SMILES string of the molecule is CC(C)=CC(=O)NCc1ccc(C(=O)N2CCC(C(C)O)C2)cc1. The maximum absolute atomic E-state index is 12.5. The second-order valence-corrected chi connectivity index (χ2v) is 6.68. The predicted octanol–water partition coefficient (Wildman–Crippen LogP) is 2.11. The van der Waals surface area contributed by atoms with Crippen molar-refractivity contribution in [2.75, 3.05) is 13.1 Å². The summed E-state index contributed by atoms with van der Waals surface area (Å²) in [5, 5.41) is 12.5. The molecule has 1 aliphatic rings. The average molecular weight is 330 g/mol. The van der Waals surface area contributed by atoms with Gasteiger partial charge in [-0.25, -0.2) is 0 Å². The lowest BCUT2D eigenvalue weighted by molar-refractivity contribution is -0.116. The Bertz CT molecular complexity index is 616. The molecule has 1 aliphatic heterocycles. The van der Waals surface area contributed by atoms with Crippen LogP contribution in [0.1, 0.15) is 43.1 Å². The van der Waals surface area contributed by atoms with E-state index < -0.39 is 0 Å². The molecular formula is C19H26N2O3. The van der Waals surface area contributed by atoms with Crippen LogP contribution in [0.5, 0.6) is 0 Å². The van der Waals surface area contributed by atoms with E-state index in [1.807, 2.05) is 26.0 Å². The smallest absolute Gasteiger partial charge is 0.253 e. The molecule has 1 saturated heterocycles. The first-order valence-corrected chi connectivity index (χ1v) is 8.36. The van der Waals surface area contributed by atoms with Crippen LogP contribution in [0.2, 0.25) is 0 Å². The molecule has 130 valence electrons. The largest absolute Gasteiger partial charge is 0.393 e. The van der Waals surface area contributed by atoms with Gasteiger partial charge in [-0.2, -0.15) is 0 Å². The van der Waals surface area contributed by atoms with Gasteiger partial charge in [-0.15, -0.1) is 0 Å². The number of hydrogen-bond donors (Lipinski definition) is 2. The normalized spacial score (nSPS) is 18.2. The van der Waals surface area contributed by atoms with Crippen molar-refractivity contribution in [3.8, 4) is 0 Å². The Morgan fingerprint density at radius 3 is 2.54 bits per heavy atom. The highest BCUT2D eigenvalue weighted by molar-refractivity contribution is 5.94. The highest BCUT2D eigenvalue weighted by atomic mass is 16.3. The highest BCUT2D eigenvalue weighted by Crippen LogP contribution is 2.21. The summed E-state index contributed by atoms with van der Waals surface area (Å²) in [7, 11) is 0. The molecule has 5 heteroatoms. The summed E-state index contributed by atoms with van der Waals surface area (Å²) in [6.45, 7) is 7.26.